The summed E-state index contributed by atoms with van der Waals surface area (Å²) in [6.07, 6.45) is 0.430. The van der Waals surface area contributed by atoms with E-state index in [1.807, 2.05) is 26.0 Å². The normalized spacial score (nSPS) is 13.6. The fraction of sp³-hybridized carbons (Fsp3) is 0.571. The Morgan fingerprint density at radius 2 is 1.72 bits per heavy atom. The van der Waals surface area contributed by atoms with Crippen molar-refractivity contribution in [1.29, 1.82) is 0 Å². The molecule has 0 bridgehead atoms. The molecule has 102 valence electrons. The van der Waals surface area contributed by atoms with Crippen molar-refractivity contribution in [2.75, 3.05) is 19.4 Å². The van der Waals surface area contributed by atoms with E-state index in [1.54, 1.807) is 0 Å². The van der Waals surface area contributed by atoms with Crippen LogP contribution in [0.3, 0.4) is 0 Å². The van der Waals surface area contributed by atoms with Crippen LogP contribution in [-0.2, 0) is 13.6 Å². The lowest BCUT2D eigenvalue weighted by atomic mass is 9.98. The minimum atomic E-state index is -2.96. The second-order valence-electron chi connectivity index (χ2n) is 4.39. The predicted octanol–water partition coefficient (Wildman–Crippen LogP) is 4.36. The average Bonchev–Trinajstić information content (AvgIpc) is 2.29. The number of rotatable bonds is 7. The summed E-state index contributed by atoms with van der Waals surface area (Å²) in [4.78, 5) is 0. The Morgan fingerprint density at radius 1 is 1.17 bits per heavy atom. The van der Waals surface area contributed by atoms with Crippen molar-refractivity contribution < 1.29 is 13.6 Å². The maximum absolute atomic E-state index is 12.5. The summed E-state index contributed by atoms with van der Waals surface area (Å²) in [6.45, 7) is 8.63. The first-order chi connectivity index (χ1) is 8.52. The van der Waals surface area contributed by atoms with E-state index in [0.29, 0.717) is 19.4 Å². The summed E-state index contributed by atoms with van der Waals surface area (Å²) in [5.74, 6) is 0.162. The second kappa shape index (κ2) is 7.08. The van der Waals surface area contributed by atoms with Crippen LogP contribution in [0.15, 0.2) is 24.3 Å². The molecule has 18 heavy (non-hydrogen) atoms. The van der Waals surface area contributed by atoms with Gasteiger partial charge in [0, 0.05) is 0 Å². The van der Waals surface area contributed by atoms with Gasteiger partial charge in [-0.2, -0.15) is 0 Å². The molecule has 0 aliphatic carbocycles. The fourth-order valence-electron chi connectivity index (χ4n) is 2.11. The van der Waals surface area contributed by atoms with Crippen LogP contribution in [0.2, 0.25) is 0 Å². The zero-order valence-electron chi connectivity index (χ0n) is 11.7. The Bertz CT molecular complexity index is 407. The van der Waals surface area contributed by atoms with E-state index in [2.05, 4.69) is 26.0 Å². The van der Waals surface area contributed by atoms with Gasteiger partial charge < -0.3 is 9.05 Å². The molecule has 1 atom stereocenters. The van der Waals surface area contributed by atoms with Gasteiger partial charge in [0.1, 0.15) is 0 Å². The minimum Gasteiger partial charge on any atom is -0.309 e. The van der Waals surface area contributed by atoms with Gasteiger partial charge in [0.25, 0.3) is 0 Å². The van der Waals surface area contributed by atoms with Crippen molar-refractivity contribution in [3.05, 3.63) is 35.4 Å². The highest BCUT2D eigenvalue weighted by Gasteiger charge is 2.27. The maximum atomic E-state index is 12.5. The zero-order valence-corrected chi connectivity index (χ0v) is 12.6. The lowest BCUT2D eigenvalue weighted by Crippen LogP contribution is -2.07. The summed E-state index contributed by atoms with van der Waals surface area (Å²) in [6, 6.07) is 8.15. The van der Waals surface area contributed by atoms with Crippen LogP contribution in [0.5, 0.6) is 0 Å². The molecule has 4 heteroatoms. The number of hydrogen-bond acceptors (Lipinski definition) is 3. The van der Waals surface area contributed by atoms with Crippen molar-refractivity contribution >= 4 is 7.60 Å². The molecule has 0 radical (unpaired) electrons. The Kier molecular flexibility index (Phi) is 6.07. The summed E-state index contributed by atoms with van der Waals surface area (Å²) in [7, 11) is -2.96. The molecule has 0 N–H and O–H groups in total. The fourth-order valence-corrected chi connectivity index (χ4v) is 4.05. The van der Waals surface area contributed by atoms with Crippen LogP contribution >= 0.6 is 7.60 Å². The number of benzene rings is 1. The van der Waals surface area contributed by atoms with Gasteiger partial charge in [-0.3, -0.25) is 4.57 Å². The molecule has 0 amide bonds. The lowest BCUT2D eigenvalue weighted by Gasteiger charge is -2.21. The van der Waals surface area contributed by atoms with E-state index in [9.17, 15) is 4.57 Å². The molecular formula is C14H23O3P. The van der Waals surface area contributed by atoms with Gasteiger partial charge >= 0.3 is 7.60 Å². The quantitative estimate of drug-likeness (QED) is 0.690. The molecule has 1 aromatic rings. The summed E-state index contributed by atoms with van der Waals surface area (Å²) >= 11 is 0. The molecule has 0 saturated carbocycles. The molecule has 0 fully saturated rings. The third kappa shape index (κ3) is 4.24. The van der Waals surface area contributed by atoms with Crippen LogP contribution in [-0.4, -0.2) is 19.4 Å². The van der Waals surface area contributed by atoms with E-state index >= 15 is 0 Å². The van der Waals surface area contributed by atoms with Gasteiger partial charge in [0.2, 0.25) is 0 Å². The van der Waals surface area contributed by atoms with Crippen LogP contribution in [0.4, 0.5) is 0 Å². The Labute approximate surface area is 110 Å². The largest absolute Gasteiger partial charge is 0.331 e. The third-order valence-electron chi connectivity index (χ3n) is 2.87. The molecule has 0 unspecified atom stereocenters. The molecule has 0 aliphatic rings. The van der Waals surface area contributed by atoms with Gasteiger partial charge in [-0.1, -0.05) is 31.2 Å². The van der Waals surface area contributed by atoms with Crippen LogP contribution in [0, 0.1) is 6.92 Å². The standard InChI is InChI=1S/C14H23O3P/c1-5-16-18(15,17-6-2)11-13(4)14-10-8-7-9-12(14)3/h7-10,13H,5-6,11H2,1-4H3/t13-/m1/s1. The predicted molar refractivity (Wildman–Crippen MR) is 75.3 cm³/mol. The average molecular weight is 270 g/mol. The molecule has 3 nitrogen and oxygen atoms in total. The SMILES string of the molecule is CCOP(=O)(C[C@@H](C)c1ccccc1C)OCC. The maximum Gasteiger partial charge on any atom is 0.331 e. The smallest absolute Gasteiger partial charge is 0.309 e. The highest BCUT2D eigenvalue weighted by molar-refractivity contribution is 7.53. The van der Waals surface area contributed by atoms with E-state index in [0.717, 1.165) is 0 Å². The topological polar surface area (TPSA) is 35.5 Å². The minimum absolute atomic E-state index is 0.162. The summed E-state index contributed by atoms with van der Waals surface area (Å²) in [5, 5.41) is 0. The van der Waals surface area contributed by atoms with Gasteiger partial charge in [0.05, 0.1) is 19.4 Å². The first-order valence-corrected chi connectivity index (χ1v) is 8.19. The molecule has 0 aliphatic heterocycles. The number of hydrogen-bond donors (Lipinski definition) is 0. The molecular weight excluding hydrogens is 247 g/mol. The van der Waals surface area contributed by atoms with Gasteiger partial charge in [-0.25, -0.2) is 0 Å². The summed E-state index contributed by atoms with van der Waals surface area (Å²) in [5.41, 5.74) is 2.42. The van der Waals surface area contributed by atoms with E-state index in [4.69, 9.17) is 9.05 Å². The lowest BCUT2D eigenvalue weighted by molar-refractivity contribution is 0.219. The Morgan fingerprint density at radius 3 is 2.22 bits per heavy atom. The monoisotopic (exact) mass is 270 g/mol. The van der Waals surface area contributed by atoms with Crippen LogP contribution in [0.1, 0.15) is 37.8 Å². The van der Waals surface area contributed by atoms with Crippen molar-refractivity contribution in [2.45, 2.75) is 33.6 Å². The molecule has 0 saturated heterocycles. The first kappa shape index (κ1) is 15.4. The highest BCUT2D eigenvalue weighted by atomic mass is 31.2. The van der Waals surface area contributed by atoms with Gasteiger partial charge in [-0.15, -0.1) is 0 Å². The van der Waals surface area contributed by atoms with Gasteiger partial charge in [-0.05, 0) is 37.8 Å². The Balaban J connectivity index is 2.82. The third-order valence-corrected chi connectivity index (χ3v) is 5.17. The van der Waals surface area contributed by atoms with Crippen molar-refractivity contribution in [3.63, 3.8) is 0 Å². The molecule has 1 rings (SSSR count). The van der Waals surface area contributed by atoms with E-state index in [1.165, 1.54) is 11.1 Å². The first-order valence-electron chi connectivity index (χ1n) is 6.46. The summed E-state index contributed by atoms with van der Waals surface area (Å²) < 4.78 is 23.1. The van der Waals surface area contributed by atoms with Crippen LogP contribution < -0.4 is 0 Å². The molecule has 0 spiro atoms. The van der Waals surface area contributed by atoms with Gasteiger partial charge in [0.15, 0.2) is 0 Å². The van der Waals surface area contributed by atoms with Crippen molar-refractivity contribution in [2.24, 2.45) is 0 Å². The van der Waals surface area contributed by atoms with Crippen molar-refractivity contribution in [1.82, 2.24) is 0 Å². The molecule has 0 aromatic heterocycles. The highest BCUT2D eigenvalue weighted by Crippen LogP contribution is 2.51. The molecule has 1 aromatic carbocycles. The van der Waals surface area contributed by atoms with Crippen LogP contribution in [0.25, 0.3) is 0 Å². The zero-order chi connectivity index (χ0) is 13.6. The van der Waals surface area contributed by atoms with Crippen molar-refractivity contribution in [3.8, 4) is 0 Å². The van der Waals surface area contributed by atoms with E-state index in [-0.39, 0.29) is 5.92 Å². The Hall–Kier alpha value is -0.630. The molecule has 0 heterocycles. The second-order valence-corrected chi connectivity index (χ2v) is 6.49. The number of aryl methyl sites for hydroxylation is 1. The van der Waals surface area contributed by atoms with E-state index < -0.39 is 7.60 Å².